The number of phenols is 2. The standard InChI is InChI=1S/C27H25N7O2/c28-27(29)31-14-13-30-22-16-26-24(15-23(22)32-17-5-9-19(35)10-6-17)33-21-3-1-2-4-25(21)34(26)18-7-11-20(36)12-8-18/h1-12,15-16,32,35-36H,13-14H2,(H4,28,29,31)/b30-22+. The van der Waals surface area contributed by atoms with Crippen LogP contribution < -0.4 is 22.1 Å². The summed E-state index contributed by atoms with van der Waals surface area (Å²) >= 11 is 0. The van der Waals surface area contributed by atoms with Crippen LogP contribution in [0.4, 0.5) is 11.4 Å². The van der Waals surface area contributed by atoms with E-state index in [1.165, 1.54) is 0 Å². The number of nitrogens with zero attached hydrogens (tertiary/aromatic N) is 4. The summed E-state index contributed by atoms with van der Waals surface area (Å²) in [7, 11) is 0. The fourth-order valence-corrected chi connectivity index (χ4v) is 4.00. The van der Waals surface area contributed by atoms with Gasteiger partial charge in [-0.1, -0.05) is 12.1 Å². The Bertz CT molecular complexity index is 1590. The molecule has 0 aromatic heterocycles. The molecule has 3 aromatic rings. The number of anilines is 2. The summed E-state index contributed by atoms with van der Waals surface area (Å²) in [5.41, 5.74) is 16.7. The van der Waals surface area contributed by atoms with Crippen LogP contribution >= 0.6 is 0 Å². The first-order chi connectivity index (χ1) is 17.5. The zero-order valence-corrected chi connectivity index (χ0v) is 19.3. The predicted molar refractivity (Wildman–Crippen MR) is 142 cm³/mol. The van der Waals surface area contributed by atoms with Gasteiger partial charge in [0.15, 0.2) is 5.96 Å². The van der Waals surface area contributed by atoms with Crippen molar-refractivity contribution < 1.29 is 10.2 Å². The largest absolute Gasteiger partial charge is 0.508 e. The Morgan fingerprint density at radius 1 is 0.861 bits per heavy atom. The van der Waals surface area contributed by atoms with Crippen molar-refractivity contribution in [1.29, 1.82) is 0 Å². The Morgan fingerprint density at radius 2 is 1.56 bits per heavy atom. The first kappa shape index (κ1) is 22.7. The number of aromatic hydroxyl groups is 2. The molecule has 5 rings (SSSR count). The minimum absolute atomic E-state index is 0.0204. The molecule has 0 atom stereocenters. The van der Waals surface area contributed by atoms with Gasteiger partial charge >= 0.3 is 0 Å². The summed E-state index contributed by atoms with van der Waals surface area (Å²) in [4.78, 5) is 13.7. The topological polar surface area (TPSA) is 147 Å². The van der Waals surface area contributed by atoms with Gasteiger partial charge in [-0.2, -0.15) is 0 Å². The smallest absolute Gasteiger partial charge is 0.185 e. The van der Waals surface area contributed by atoms with Crippen LogP contribution in [0.25, 0.3) is 28.1 Å². The zero-order chi connectivity index (χ0) is 25.1. The van der Waals surface area contributed by atoms with Crippen molar-refractivity contribution in [1.82, 2.24) is 9.55 Å². The molecule has 7 N–H and O–H groups in total. The van der Waals surface area contributed by atoms with Crippen LogP contribution in [0, 0.1) is 0 Å². The van der Waals surface area contributed by atoms with Gasteiger partial charge in [-0.25, -0.2) is 4.98 Å². The lowest BCUT2D eigenvalue weighted by molar-refractivity contribution is 0.475. The van der Waals surface area contributed by atoms with E-state index < -0.39 is 0 Å². The monoisotopic (exact) mass is 479 g/mol. The molecule has 0 radical (unpaired) electrons. The van der Waals surface area contributed by atoms with Crippen molar-refractivity contribution in [2.45, 2.75) is 0 Å². The maximum Gasteiger partial charge on any atom is 0.185 e. The first-order valence-electron chi connectivity index (χ1n) is 11.3. The number of rotatable bonds is 6. The van der Waals surface area contributed by atoms with E-state index in [2.05, 4.69) is 14.9 Å². The molecular formula is C27H25N7O2. The molecular weight excluding hydrogens is 454 g/mol. The maximum atomic E-state index is 9.84. The van der Waals surface area contributed by atoms with E-state index in [0.717, 1.165) is 39.5 Å². The van der Waals surface area contributed by atoms with Gasteiger partial charge in [0.2, 0.25) is 0 Å². The average molecular weight is 480 g/mol. The number of aliphatic imine (C=N–C) groups is 1. The molecule has 0 amide bonds. The van der Waals surface area contributed by atoms with Crippen LogP contribution in [0.2, 0.25) is 0 Å². The van der Waals surface area contributed by atoms with E-state index in [0.29, 0.717) is 18.4 Å². The molecule has 180 valence electrons. The number of hydrogen-bond acceptors (Lipinski definition) is 6. The quantitative estimate of drug-likeness (QED) is 0.0828. The van der Waals surface area contributed by atoms with Crippen molar-refractivity contribution in [3.63, 3.8) is 0 Å². The zero-order valence-electron chi connectivity index (χ0n) is 19.3. The Hall–Kier alpha value is -5.05. The van der Waals surface area contributed by atoms with Gasteiger partial charge in [0.1, 0.15) is 11.5 Å². The lowest BCUT2D eigenvalue weighted by Gasteiger charge is -2.20. The molecule has 2 aliphatic rings. The number of phenolic OH excluding ortho intramolecular Hbond substituents is 2. The van der Waals surface area contributed by atoms with Crippen molar-refractivity contribution in [2.24, 2.45) is 21.5 Å². The number of nitrogens with two attached hydrogens (primary N) is 2. The number of para-hydroxylation sites is 2. The van der Waals surface area contributed by atoms with E-state index in [-0.39, 0.29) is 17.5 Å². The van der Waals surface area contributed by atoms with Crippen LogP contribution in [-0.2, 0) is 0 Å². The lowest BCUT2D eigenvalue weighted by Crippen LogP contribution is -2.23. The Labute approximate surface area is 207 Å². The third kappa shape index (κ3) is 4.76. The summed E-state index contributed by atoms with van der Waals surface area (Å²) in [5, 5.41) is 23.6. The van der Waals surface area contributed by atoms with Crippen molar-refractivity contribution in [2.75, 3.05) is 18.4 Å². The second-order valence-electron chi connectivity index (χ2n) is 8.17. The fraction of sp³-hybridized carbons (Fsp3) is 0.0741. The third-order valence-corrected chi connectivity index (χ3v) is 5.63. The van der Waals surface area contributed by atoms with Crippen molar-refractivity contribution in [3.8, 4) is 28.6 Å². The van der Waals surface area contributed by atoms with Gasteiger partial charge in [0, 0.05) is 11.4 Å². The molecule has 0 saturated carbocycles. The van der Waals surface area contributed by atoms with E-state index in [9.17, 15) is 10.2 Å². The molecule has 0 spiro atoms. The molecule has 9 nitrogen and oxygen atoms in total. The van der Waals surface area contributed by atoms with E-state index in [1.807, 2.05) is 48.5 Å². The van der Waals surface area contributed by atoms with Crippen molar-refractivity contribution in [3.05, 3.63) is 90.3 Å². The third-order valence-electron chi connectivity index (χ3n) is 5.63. The Kier molecular flexibility index (Phi) is 6.10. The molecule has 1 aliphatic heterocycles. The van der Waals surface area contributed by atoms with Crippen LogP contribution in [0.3, 0.4) is 0 Å². The number of fused-ring (bicyclic) bond motifs is 2. The summed E-state index contributed by atoms with van der Waals surface area (Å²) in [6, 6.07) is 25.6. The summed E-state index contributed by atoms with van der Waals surface area (Å²) in [5.74, 6) is 0.397. The number of guanidine groups is 1. The van der Waals surface area contributed by atoms with Gasteiger partial charge in [-0.3, -0.25) is 9.98 Å². The van der Waals surface area contributed by atoms with E-state index in [1.54, 1.807) is 36.4 Å². The molecule has 1 heterocycles. The van der Waals surface area contributed by atoms with Crippen LogP contribution in [0.15, 0.2) is 94.9 Å². The van der Waals surface area contributed by atoms with Crippen molar-refractivity contribution >= 4 is 28.4 Å². The molecule has 3 aromatic carbocycles. The van der Waals surface area contributed by atoms with Crippen LogP contribution in [-0.4, -0.2) is 38.8 Å². The van der Waals surface area contributed by atoms with Gasteiger partial charge < -0.3 is 31.6 Å². The summed E-state index contributed by atoms with van der Waals surface area (Å²) in [6.45, 7) is 0.737. The number of hydrogen-bond donors (Lipinski definition) is 5. The molecule has 0 bridgehead atoms. The van der Waals surface area contributed by atoms with Crippen LogP contribution in [0.5, 0.6) is 11.5 Å². The maximum absolute atomic E-state index is 9.84. The number of nitrogens with one attached hydrogen (secondary N) is 1. The normalized spacial score (nSPS) is 11.6. The average Bonchev–Trinajstić information content (AvgIpc) is 2.87. The van der Waals surface area contributed by atoms with Crippen LogP contribution in [0.1, 0.15) is 0 Å². The summed E-state index contributed by atoms with van der Waals surface area (Å²) in [6.07, 6.45) is 0. The molecule has 0 saturated heterocycles. The summed E-state index contributed by atoms with van der Waals surface area (Å²) < 4.78 is 2.09. The minimum Gasteiger partial charge on any atom is -0.508 e. The SMILES string of the molecule is NC(N)=NCC/N=c1\cc2n(-c3ccc(O)cc3)c3ccccc3nc-2cc1Nc1ccc(O)cc1. The van der Waals surface area contributed by atoms with E-state index >= 15 is 0 Å². The molecule has 0 unspecified atom stereocenters. The van der Waals surface area contributed by atoms with E-state index in [4.69, 9.17) is 21.4 Å². The van der Waals surface area contributed by atoms with Gasteiger partial charge in [-0.05, 0) is 72.8 Å². The number of aromatic nitrogens is 2. The van der Waals surface area contributed by atoms with Gasteiger partial charge in [-0.15, -0.1) is 0 Å². The Morgan fingerprint density at radius 3 is 2.28 bits per heavy atom. The number of benzene rings is 4. The second kappa shape index (κ2) is 9.67. The highest BCUT2D eigenvalue weighted by molar-refractivity contribution is 5.84. The first-order valence-corrected chi connectivity index (χ1v) is 11.3. The second-order valence-corrected chi connectivity index (χ2v) is 8.17. The molecule has 1 aliphatic carbocycles. The van der Waals surface area contributed by atoms with Gasteiger partial charge in [0.25, 0.3) is 0 Å². The van der Waals surface area contributed by atoms with Gasteiger partial charge in [0.05, 0.1) is 46.6 Å². The molecule has 0 fully saturated rings. The Balaban J connectivity index is 1.74. The highest BCUT2D eigenvalue weighted by Crippen LogP contribution is 2.31. The molecule has 36 heavy (non-hydrogen) atoms. The highest BCUT2D eigenvalue weighted by atomic mass is 16.3. The minimum atomic E-state index is 0.0204. The fourth-order valence-electron chi connectivity index (χ4n) is 4.00. The predicted octanol–water partition coefficient (Wildman–Crippen LogP) is 3.46. The lowest BCUT2D eigenvalue weighted by atomic mass is 10.1. The molecule has 9 heteroatoms. The highest BCUT2D eigenvalue weighted by Gasteiger charge is 2.16.